The normalized spacial score (nSPS) is 13.2. The Hall–Kier alpha value is -7.90. The average Bonchev–Trinajstić information content (AvgIpc) is 4.09. The van der Waals surface area contributed by atoms with Crippen LogP contribution in [0, 0.1) is 0 Å². The fourth-order valence-electron chi connectivity index (χ4n) is 7.62. The number of carbonyl (C=O) groups excluding carboxylic acids is 2. The first-order valence-corrected chi connectivity index (χ1v) is 18.6. The van der Waals surface area contributed by atoms with Gasteiger partial charge in [0.1, 0.15) is 5.75 Å². The number of hydrogen-bond donors (Lipinski definition) is 2. The van der Waals surface area contributed by atoms with Gasteiger partial charge in [0.05, 0.1) is 22.8 Å². The molecule has 270 valence electrons. The second-order valence-corrected chi connectivity index (χ2v) is 13.8. The number of H-pyrrole nitrogens is 2. The summed E-state index contributed by atoms with van der Waals surface area (Å²) in [6.07, 6.45) is 12.0. The molecule has 2 aliphatic heterocycles. The first-order valence-electron chi connectivity index (χ1n) is 18.6. The van der Waals surface area contributed by atoms with Crippen molar-refractivity contribution in [1.82, 2.24) is 19.9 Å². The van der Waals surface area contributed by atoms with E-state index in [1.165, 1.54) is 18.2 Å². The van der Waals surface area contributed by atoms with Crippen LogP contribution in [0.3, 0.4) is 0 Å². The fraction of sp³-hybridized carbons (Fsp3) is 0. The number of nitrogens with one attached hydrogen (secondary N) is 2. The number of aromatic nitrogens is 4. The molecule has 8 bridgehead atoms. The van der Waals surface area contributed by atoms with Gasteiger partial charge in [0, 0.05) is 50.4 Å². The molecule has 0 fully saturated rings. The van der Waals surface area contributed by atoms with Crippen LogP contribution in [0.4, 0.5) is 0 Å². The van der Waals surface area contributed by atoms with Gasteiger partial charge in [0.15, 0.2) is 11.5 Å². The lowest BCUT2D eigenvalue weighted by Gasteiger charge is -2.10. The molecule has 10 rings (SSSR count). The van der Waals surface area contributed by atoms with E-state index < -0.39 is 0 Å². The molecule has 1 aliphatic carbocycles. The third-order valence-corrected chi connectivity index (χ3v) is 10.2. The third-order valence-electron chi connectivity index (χ3n) is 10.2. The van der Waals surface area contributed by atoms with E-state index in [9.17, 15) is 9.59 Å². The molecule has 0 unspecified atom stereocenters. The van der Waals surface area contributed by atoms with Gasteiger partial charge in [-0.3, -0.25) is 9.59 Å². The second-order valence-electron chi connectivity index (χ2n) is 13.8. The lowest BCUT2D eigenvalue weighted by Crippen LogP contribution is -2.12. The summed E-state index contributed by atoms with van der Waals surface area (Å²) in [5.41, 5.74) is 14.7. The number of rotatable bonds is 6. The SMILES string of the molecule is O=C1C=CC(=O)C(Oc2ccc(-c3c4nc(c(-c5ccccc5)c5ccc([nH]5)c(-c5ccccc5)c5nc(c(-c6ccccc6)c6ccc3[nH]6)C=C5)C=C4)cc2)=C1. The Bertz CT molecular complexity index is 3000. The van der Waals surface area contributed by atoms with E-state index >= 15 is 0 Å². The van der Waals surface area contributed by atoms with Crippen molar-refractivity contribution in [2.24, 2.45) is 0 Å². The average molecular weight is 737 g/mol. The van der Waals surface area contributed by atoms with Gasteiger partial charge in [0.25, 0.3) is 0 Å². The van der Waals surface area contributed by atoms with Gasteiger partial charge in [0.2, 0.25) is 5.78 Å². The summed E-state index contributed by atoms with van der Waals surface area (Å²) in [5.74, 6) is -0.225. The maximum absolute atomic E-state index is 12.4. The molecule has 3 aromatic heterocycles. The van der Waals surface area contributed by atoms with Crippen LogP contribution in [0.1, 0.15) is 22.8 Å². The summed E-state index contributed by atoms with van der Waals surface area (Å²) < 4.78 is 5.87. The molecule has 0 spiro atoms. The standard InChI is InChI=1S/C50H32N4O3/c55-35-18-29-45(56)46(30-35)57-36-19-16-34(17-20-36)50-43-27-25-41(53-43)48(32-12-6-2-7-13-32)39-23-21-37(51-39)47(31-10-4-1-5-11-31)38-22-24-40(52-38)49(33-14-8-3-9-15-33)42-26-28-44(50)54-42/h1-30,51,54H. The van der Waals surface area contributed by atoms with Crippen molar-refractivity contribution in [3.05, 3.63) is 186 Å². The summed E-state index contributed by atoms with van der Waals surface area (Å²) in [7, 11) is 0. The zero-order valence-electron chi connectivity index (χ0n) is 30.4. The molecule has 0 atom stereocenters. The highest BCUT2D eigenvalue weighted by Gasteiger charge is 2.20. The Morgan fingerprint density at radius 2 is 0.754 bits per heavy atom. The fourth-order valence-corrected chi connectivity index (χ4v) is 7.62. The van der Waals surface area contributed by atoms with Gasteiger partial charge in [-0.25, -0.2) is 9.97 Å². The quantitative estimate of drug-likeness (QED) is 0.166. The Labute approximate surface area is 327 Å². The molecular weight excluding hydrogens is 705 g/mol. The molecule has 0 saturated heterocycles. The lowest BCUT2D eigenvalue weighted by molar-refractivity contribution is -0.116. The number of fused-ring (bicyclic) bond motifs is 8. The van der Waals surface area contributed by atoms with Crippen LogP contribution in [-0.4, -0.2) is 31.5 Å². The number of ketones is 2. The largest absolute Gasteiger partial charge is 0.453 e. The van der Waals surface area contributed by atoms with Gasteiger partial charge in [-0.15, -0.1) is 0 Å². The van der Waals surface area contributed by atoms with Crippen molar-refractivity contribution < 1.29 is 14.3 Å². The van der Waals surface area contributed by atoms with Gasteiger partial charge < -0.3 is 14.7 Å². The topological polar surface area (TPSA) is 101 Å². The van der Waals surface area contributed by atoms with Crippen molar-refractivity contribution in [3.63, 3.8) is 0 Å². The maximum Gasteiger partial charge on any atom is 0.221 e. The van der Waals surface area contributed by atoms with Crippen LogP contribution in [0.15, 0.2) is 164 Å². The minimum atomic E-state index is -0.358. The smallest absolute Gasteiger partial charge is 0.221 e. The van der Waals surface area contributed by atoms with E-state index in [4.69, 9.17) is 14.7 Å². The van der Waals surface area contributed by atoms with Gasteiger partial charge in [-0.05, 0) is 95.1 Å². The number of benzene rings is 4. The molecule has 2 N–H and O–H groups in total. The number of ether oxygens (including phenoxy) is 1. The van der Waals surface area contributed by atoms with Crippen LogP contribution in [0.2, 0.25) is 0 Å². The van der Waals surface area contributed by atoms with E-state index in [0.717, 1.165) is 89.4 Å². The molecule has 5 heterocycles. The van der Waals surface area contributed by atoms with Crippen LogP contribution in [-0.2, 0) is 9.59 Å². The highest BCUT2D eigenvalue weighted by Crippen LogP contribution is 2.38. The molecule has 0 saturated carbocycles. The minimum Gasteiger partial charge on any atom is -0.453 e. The van der Waals surface area contributed by atoms with Gasteiger partial charge >= 0.3 is 0 Å². The maximum atomic E-state index is 12.4. The van der Waals surface area contributed by atoms with Crippen molar-refractivity contribution in [2.75, 3.05) is 0 Å². The number of aromatic amines is 2. The molecular formula is C50H32N4O3. The van der Waals surface area contributed by atoms with Crippen molar-refractivity contribution >= 4 is 57.9 Å². The molecule has 3 aliphatic rings. The lowest BCUT2D eigenvalue weighted by atomic mass is 10.0. The van der Waals surface area contributed by atoms with Gasteiger partial charge in [-0.1, -0.05) is 103 Å². The third kappa shape index (κ3) is 6.33. The highest BCUT2D eigenvalue weighted by atomic mass is 16.5. The van der Waals surface area contributed by atoms with E-state index in [-0.39, 0.29) is 17.3 Å². The van der Waals surface area contributed by atoms with E-state index in [0.29, 0.717) is 5.75 Å². The van der Waals surface area contributed by atoms with E-state index in [1.807, 2.05) is 54.6 Å². The number of hydrogen-bond acceptors (Lipinski definition) is 5. The Morgan fingerprint density at radius 1 is 0.386 bits per heavy atom. The molecule has 57 heavy (non-hydrogen) atoms. The van der Waals surface area contributed by atoms with Crippen molar-refractivity contribution in [3.8, 4) is 50.3 Å². The zero-order chi connectivity index (χ0) is 38.3. The summed E-state index contributed by atoms with van der Waals surface area (Å²) in [6, 6.07) is 46.9. The monoisotopic (exact) mass is 736 g/mol. The van der Waals surface area contributed by atoms with Gasteiger partial charge in [-0.2, -0.15) is 0 Å². The molecule has 0 amide bonds. The summed E-state index contributed by atoms with van der Waals surface area (Å²) in [4.78, 5) is 42.6. The van der Waals surface area contributed by atoms with Crippen LogP contribution in [0.25, 0.3) is 90.9 Å². The van der Waals surface area contributed by atoms with E-state index in [1.54, 1.807) is 12.1 Å². The summed E-state index contributed by atoms with van der Waals surface area (Å²) in [6.45, 7) is 0. The van der Waals surface area contributed by atoms with Crippen LogP contribution in [0.5, 0.6) is 5.75 Å². The second kappa shape index (κ2) is 14.1. The predicted octanol–water partition coefficient (Wildman–Crippen LogP) is 11.3. The number of carbonyl (C=O) groups is 2. The Kier molecular flexibility index (Phi) is 8.30. The minimum absolute atomic E-state index is 0.0119. The molecule has 0 radical (unpaired) electrons. The summed E-state index contributed by atoms with van der Waals surface area (Å²) >= 11 is 0. The molecule has 7 heteroatoms. The van der Waals surface area contributed by atoms with Crippen LogP contribution < -0.4 is 4.74 Å². The van der Waals surface area contributed by atoms with Crippen molar-refractivity contribution in [2.45, 2.75) is 0 Å². The zero-order valence-corrected chi connectivity index (χ0v) is 30.4. The predicted molar refractivity (Wildman–Crippen MR) is 228 cm³/mol. The summed E-state index contributed by atoms with van der Waals surface area (Å²) in [5, 5.41) is 0. The highest BCUT2D eigenvalue weighted by molar-refractivity contribution is 6.16. The number of allylic oxidation sites excluding steroid dienone is 3. The van der Waals surface area contributed by atoms with Crippen molar-refractivity contribution in [1.29, 1.82) is 0 Å². The molecule has 7 nitrogen and oxygen atoms in total. The molecule has 4 aromatic carbocycles. The van der Waals surface area contributed by atoms with E-state index in [2.05, 4.69) is 107 Å². The Morgan fingerprint density at radius 3 is 1.14 bits per heavy atom. The number of nitrogens with zero attached hydrogens (tertiary/aromatic N) is 2. The Balaban J connectivity index is 1.28. The van der Waals surface area contributed by atoms with Crippen LogP contribution >= 0.6 is 0 Å². The molecule has 7 aromatic rings. The first kappa shape index (κ1) is 33.7. The first-order chi connectivity index (χ1) is 28.1.